The number of ether oxygens (including phenoxy) is 1. The summed E-state index contributed by atoms with van der Waals surface area (Å²) in [5.41, 5.74) is 0.381. The molecule has 0 saturated carbocycles. The Hall–Kier alpha value is -2.89. The first-order valence-electron chi connectivity index (χ1n) is 7.33. The Bertz CT molecular complexity index is 728. The van der Waals surface area contributed by atoms with Crippen LogP contribution >= 0.6 is 0 Å². The van der Waals surface area contributed by atoms with E-state index >= 15 is 0 Å². The predicted molar refractivity (Wildman–Crippen MR) is 86.7 cm³/mol. The molecule has 23 heavy (non-hydrogen) atoms. The summed E-state index contributed by atoms with van der Waals surface area (Å²) in [6, 6.07) is 10.3. The minimum atomic E-state index is -0.580. The summed E-state index contributed by atoms with van der Waals surface area (Å²) in [4.78, 5) is 34.4. The monoisotopic (exact) mass is 314 g/mol. The van der Waals surface area contributed by atoms with Gasteiger partial charge in [0.1, 0.15) is 5.75 Å². The van der Waals surface area contributed by atoms with Crippen molar-refractivity contribution in [1.29, 1.82) is 0 Å². The molecule has 0 aliphatic rings. The molecule has 2 aromatic carbocycles. The van der Waals surface area contributed by atoms with Gasteiger partial charge in [-0.3, -0.25) is 14.9 Å². The van der Waals surface area contributed by atoms with Crippen LogP contribution in [0.4, 0.5) is 4.79 Å². The molecular formula is C17H18N2O4. The first-order chi connectivity index (χ1) is 11.2. The molecule has 0 heterocycles. The Morgan fingerprint density at radius 2 is 1.96 bits per heavy atom. The van der Waals surface area contributed by atoms with E-state index in [1.54, 1.807) is 6.07 Å². The van der Waals surface area contributed by atoms with Crippen LogP contribution in [-0.4, -0.2) is 31.4 Å². The maximum atomic E-state index is 11.7. The molecule has 0 radical (unpaired) electrons. The number of carbonyl (C=O) groups excluding carboxylic acids is 3. The van der Waals surface area contributed by atoms with Crippen LogP contribution in [0.5, 0.6) is 5.75 Å². The third kappa shape index (κ3) is 4.29. The number of aldehydes is 1. The van der Waals surface area contributed by atoms with Crippen molar-refractivity contribution in [3.05, 3.63) is 42.0 Å². The van der Waals surface area contributed by atoms with Crippen LogP contribution in [-0.2, 0) is 4.79 Å². The maximum Gasteiger partial charge on any atom is 0.321 e. The summed E-state index contributed by atoms with van der Waals surface area (Å²) in [6.45, 7) is 2.05. The van der Waals surface area contributed by atoms with Crippen molar-refractivity contribution in [2.45, 2.75) is 13.3 Å². The quantitative estimate of drug-likeness (QED) is 0.801. The van der Waals surface area contributed by atoms with Crippen LogP contribution in [0.1, 0.15) is 23.7 Å². The van der Waals surface area contributed by atoms with Gasteiger partial charge in [0.15, 0.2) is 12.9 Å². The number of nitrogens with one attached hydrogen (secondary N) is 2. The zero-order valence-electron chi connectivity index (χ0n) is 12.8. The van der Waals surface area contributed by atoms with E-state index < -0.39 is 11.9 Å². The minimum absolute atomic E-state index is 0.308. The Labute approximate surface area is 133 Å². The highest BCUT2D eigenvalue weighted by Crippen LogP contribution is 2.26. The topological polar surface area (TPSA) is 84.5 Å². The molecule has 6 nitrogen and oxygen atoms in total. The predicted octanol–water partition coefficient (Wildman–Crippen LogP) is 2.27. The molecule has 0 saturated heterocycles. The molecule has 0 atom stereocenters. The Morgan fingerprint density at radius 3 is 2.70 bits per heavy atom. The third-order valence-electron chi connectivity index (χ3n) is 3.20. The molecule has 0 spiro atoms. The zero-order chi connectivity index (χ0) is 16.7. The van der Waals surface area contributed by atoms with E-state index in [2.05, 4.69) is 10.6 Å². The Kier molecular flexibility index (Phi) is 5.68. The number of imide groups is 1. The summed E-state index contributed by atoms with van der Waals surface area (Å²) in [7, 11) is 0. The molecule has 0 aliphatic carbocycles. The molecule has 0 bridgehead atoms. The lowest BCUT2D eigenvalue weighted by molar-refractivity contribution is -0.122. The van der Waals surface area contributed by atoms with Gasteiger partial charge in [-0.2, -0.15) is 0 Å². The number of rotatable bonds is 6. The van der Waals surface area contributed by atoms with E-state index in [1.165, 1.54) is 0 Å². The summed E-state index contributed by atoms with van der Waals surface area (Å²) in [5, 5.41) is 6.34. The normalized spacial score (nSPS) is 10.1. The standard InChI is InChI=1S/C17H18N2O4/c1-2-9-18-17(22)19-16(21)11-23-15-8-7-12-5-3-4-6-13(12)14(15)10-20/h3-8,10H,2,9,11H2,1H3,(H2,18,19,21,22). The average molecular weight is 314 g/mol. The number of carbonyl (C=O) groups is 3. The van der Waals surface area contributed by atoms with Gasteiger partial charge in [-0.25, -0.2) is 4.79 Å². The van der Waals surface area contributed by atoms with E-state index in [1.807, 2.05) is 37.3 Å². The number of amides is 3. The Morgan fingerprint density at radius 1 is 1.17 bits per heavy atom. The lowest BCUT2D eigenvalue weighted by Crippen LogP contribution is -2.41. The van der Waals surface area contributed by atoms with Crippen molar-refractivity contribution in [2.24, 2.45) is 0 Å². The van der Waals surface area contributed by atoms with Gasteiger partial charge >= 0.3 is 6.03 Å². The molecule has 2 aromatic rings. The fraction of sp³-hybridized carbons (Fsp3) is 0.235. The van der Waals surface area contributed by atoms with Crippen molar-refractivity contribution in [3.8, 4) is 5.75 Å². The fourth-order valence-corrected chi connectivity index (χ4v) is 2.11. The maximum absolute atomic E-state index is 11.7. The molecule has 2 rings (SSSR count). The van der Waals surface area contributed by atoms with Gasteiger partial charge < -0.3 is 10.1 Å². The van der Waals surface area contributed by atoms with Crippen LogP contribution in [0.2, 0.25) is 0 Å². The summed E-state index contributed by atoms with van der Waals surface area (Å²) in [5.74, 6) is -0.272. The number of fused-ring (bicyclic) bond motifs is 1. The fourth-order valence-electron chi connectivity index (χ4n) is 2.11. The highest BCUT2D eigenvalue weighted by atomic mass is 16.5. The van der Waals surface area contributed by atoms with Gasteiger partial charge in [0.05, 0.1) is 5.56 Å². The van der Waals surface area contributed by atoms with Gasteiger partial charge in [0.2, 0.25) is 0 Å². The molecule has 120 valence electrons. The lowest BCUT2D eigenvalue weighted by atomic mass is 10.0. The molecule has 2 N–H and O–H groups in total. The number of urea groups is 1. The van der Waals surface area contributed by atoms with Gasteiger partial charge in [-0.1, -0.05) is 37.3 Å². The van der Waals surface area contributed by atoms with Gasteiger partial charge in [0.25, 0.3) is 5.91 Å². The first-order valence-corrected chi connectivity index (χ1v) is 7.33. The molecule has 0 aliphatic heterocycles. The number of hydrogen-bond donors (Lipinski definition) is 2. The Balaban J connectivity index is 2.03. The molecule has 0 aromatic heterocycles. The smallest absolute Gasteiger partial charge is 0.321 e. The summed E-state index contributed by atoms with van der Waals surface area (Å²) < 4.78 is 5.38. The second-order valence-electron chi connectivity index (χ2n) is 4.91. The van der Waals surface area contributed by atoms with Crippen LogP contribution in [0.15, 0.2) is 36.4 Å². The highest BCUT2D eigenvalue weighted by Gasteiger charge is 2.11. The highest BCUT2D eigenvalue weighted by molar-refractivity contribution is 6.01. The van der Waals surface area contributed by atoms with E-state index in [0.717, 1.165) is 17.2 Å². The van der Waals surface area contributed by atoms with Crippen molar-refractivity contribution < 1.29 is 19.1 Å². The van der Waals surface area contributed by atoms with Crippen LogP contribution < -0.4 is 15.4 Å². The van der Waals surface area contributed by atoms with E-state index in [9.17, 15) is 14.4 Å². The molecular weight excluding hydrogens is 296 g/mol. The summed E-state index contributed by atoms with van der Waals surface area (Å²) in [6.07, 6.45) is 1.47. The molecule has 6 heteroatoms. The van der Waals surface area contributed by atoms with Gasteiger partial charge in [-0.05, 0) is 23.3 Å². The van der Waals surface area contributed by atoms with Crippen molar-refractivity contribution >= 4 is 29.0 Å². The summed E-state index contributed by atoms with van der Waals surface area (Å²) >= 11 is 0. The van der Waals surface area contributed by atoms with Crippen LogP contribution in [0.3, 0.4) is 0 Å². The number of benzene rings is 2. The van der Waals surface area contributed by atoms with E-state index in [0.29, 0.717) is 24.1 Å². The lowest BCUT2D eigenvalue weighted by Gasteiger charge is -2.11. The van der Waals surface area contributed by atoms with Gasteiger partial charge in [-0.15, -0.1) is 0 Å². The second-order valence-corrected chi connectivity index (χ2v) is 4.91. The minimum Gasteiger partial charge on any atom is -0.483 e. The van der Waals surface area contributed by atoms with Crippen molar-refractivity contribution in [3.63, 3.8) is 0 Å². The van der Waals surface area contributed by atoms with Gasteiger partial charge in [0, 0.05) is 6.54 Å². The second kappa shape index (κ2) is 7.93. The SMILES string of the molecule is CCCNC(=O)NC(=O)COc1ccc2ccccc2c1C=O. The van der Waals surface area contributed by atoms with Crippen molar-refractivity contribution in [2.75, 3.05) is 13.2 Å². The molecule has 0 fully saturated rings. The molecule has 3 amide bonds. The third-order valence-corrected chi connectivity index (χ3v) is 3.20. The zero-order valence-corrected chi connectivity index (χ0v) is 12.8. The van der Waals surface area contributed by atoms with Crippen molar-refractivity contribution in [1.82, 2.24) is 10.6 Å². The average Bonchev–Trinajstić information content (AvgIpc) is 2.57. The largest absolute Gasteiger partial charge is 0.483 e. The van der Waals surface area contributed by atoms with E-state index in [4.69, 9.17) is 4.74 Å². The van der Waals surface area contributed by atoms with Crippen LogP contribution in [0, 0.1) is 0 Å². The van der Waals surface area contributed by atoms with E-state index in [-0.39, 0.29) is 6.61 Å². The first kappa shape index (κ1) is 16.5. The number of hydrogen-bond acceptors (Lipinski definition) is 4. The van der Waals surface area contributed by atoms with Crippen LogP contribution in [0.25, 0.3) is 10.8 Å². The molecule has 0 unspecified atom stereocenters.